The molecule has 11 heavy (non-hydrogen) atoms. The molecule has 0 radical (unpaired) electrons. The van der Waals surface area contributed by atoms with Gasteiger partial charge >= 0.3 is 0 Å². The summed E-state index contributed by atoms with van der Waals surface area (Å²) in [5.41, 5.74) is 6.82. The summed E-state index contributed by atoms with van der Waals surface area (Å²) in [5, 5.41) is 0. The highest BCUT2D eigenvalue weighted by Gasteiger charge is 2.37. The summed E-state index contributed by atoms with van der Waals surface area (Å²) in [7, 11) is 0. The molecule has 0 aromatic carbocycles. The number of nitrogens with zero attached hydrogens (tertiary/aromatic N) is 1. The van der Waals surface area contributed by atoms with Crippen LogP contribution in [0.2, 0.25) is 0 Å². The van der Waals surface area contributed by atoms with Crippen LogP contribution < -0.4 is 5.73 Å². The molecule has 1 saturated carbocycles. The standard InChI is InChI=1S/C8H9BrN2/c9-6-2-1-3-11-8(6)5-4-7(5)10/h1-3,5,7H,4,10H2/t5-,7-/m1/s1. The van der Waals surface area contributed by atoms with E-state index in [0.29, 0.717) is 12.0 Å². The molecule has 1 fully saturated rings. The molecule has 2 N–H and O–H groups in total. The lowest BCUT2D eigenvalue weighted by molar-refractivity contribution is 0.937. The van der Waals surface area contributed by atoms with Crippen LogP contribution in [0.3, 0.4) is 0 Å². The quantitative estimate of drug-likeness (QED) is 0.770. The van der Waals surface area contributed by atoms with Gasteiger partial charge in [-0.15, -0.1) is 0 Å². The first-order chi connectivity index (χ1) is 5.29. The molecule has 1 aliphatic rings. The average molecular weight is 213 g/mol. The minimum Gasteiger partial charge on any atom is -0.327 e. The Morgan fingerprint density at radius 1 is 1.64 bits per heavy atom. The number of aromatic nitrogens is 1. The molecule has 0 aliphatic heterocycles. The summed E-state index contributed by atoms with van der Waals surface area (Å²) in [5.74, 6) is 0.491. The SMILES string of the molecule is N[C@@H]1C[C@H]1c1ncccc1Br. The van der Waals surface area contributed by atoms with Gasteiger partial charge in [0.2, 0.25) is 0 Å². The second-order valence-electron chi connectivity index (χ2n) is 2.88. The molecule has 1 aromatic rings. The predicted octanol–water partition coefficient (Wildman–Crippen LogP) is 1.66. The average Bonchev–Trinajstić information content (AvgIpc) is 2.68. The Balaban J connectivity index is 2.31. The number of hydrogen-bond donors (Lipinski definition) is 1. The first-order valence-electron chi connectivity index (χ1n) is 3.65. The third-order valence-corrected chi connectivity index (χ3v) is 2.65. The van der Waals surface area contributed by atoms with Crippen LogP contribution >= 0.6 is 15.9 Å². The normalized spacial score (nSPS) is 28.5. The van der Waals surface area contributed by atoms with E-state index in [-0.39, 0.29) is 0 Å². The first kappa shape index (κ1) is 7.25. The monoisotopic (exact) mass is 212 g/mol. The van der Waals surface area contributed by atoms with Crippen LogP contribution in [0.15, 0.2) is 22.8 Å². The highest BCUT2D eigenvalue weighted by molar-refractivity contribution is 9.10. The van der Waals surface area contributed by atoms with E-state index in [1.807, 2.05) is 18.3 Å². The Hall–Kier alpha value is -0.410. The molecule has 0 saturated heterocycles. The number of nitrogens with two attached hydrogens (primary N) is 1. The van der Waals surface area contributed by atoms with Crippen LogP contribution in [0.1, 0.15) is 18.0 Å². The number of halogens is 1. The van der Waals surface area contributed by atoms with Gasteiger partial charge in [0.15, 0.2) is 0 Å². The smallest absolute Gasteiger partial charge is 0.0592 e. The van der Waals surface area contributed by atoms with Gasteiger partial charge in [0.1, 0.15) is 0 Å². The molecule has 58 valence electrons. The number of rotatable bonds is 1. The Morgan fingerprint density at radius 2 is 2.36 bits per heavy atom. The molecule has 2 rings (SSSR count). The summed E-state index contributed by atoms with van der Waals surface area (Å²) in [4.78, 5) is 4.26. The van der Waals surface area contributed by atoms with Crippen molar-refractivity contribution in [3.63, 3.8) is 0 Å². The Bertz CT molecular complexity index is 275. The molecule has 1 heterocycles. The van der Waals surface area contributed by atoms with Crippen molar-refractivity contribution in [2.24, 2.45) is 5.73 Å². The third-order valence-electron chi connectivity index (χ3n) is 1.98. The molecular weight excluding hydrogens is 204 g/mol. The summed E-state index contributed by atoms with van der Waals surface area (Å²) >= 11 is 3.45. The van der Waals surface area contributed by atoms with Crippen molar-refractivity contribution in [3.8, 4) is 0 Å². The van der Waals surface area contributed by atoms with Crippen LogP contribution in [0.25, 0.3) is 0 Å². The van der Waals surface area contributed by atoms with Gasteiger partial charge in [-0.2, -0.15) is 0 Å². The van der Waals surface area contributed by atoms with Crippen molar-refractivity contribution in [3.05, 3.63) is 28.5 Å². The van der Waals surface area contributed by atoms with Gasteiger partial charge in [0, 0.05) is 22.6 Å². The Kier molecular flexibility index (Phi) is 1.69. The number of pyridine rings is 1. The maximum atomic E-state index is 5.71. The van der Waals surface area contributed by atoms with E-state index in [1.165, 1.54) is 0 Å². The topological polar surface area (TPSA) is 38.9 Å². The van der Waals surface area contributed by atoms with E-state index < -0.39 is 0 Å². The molecule has 2 atom stereocenters. The van der Waals surface area contributed by atoms with Crippen LogP contribution in [-0.4, -0.2) is 11.0 Å². The molecule has 0 spiro atoms. The van der Waals surface area contributed by atoms with Gasteiger partial charge in [-0.1, -0.05) is 0 Å². The van der Waals surface area contributed by atoms with E-state index in [0.717, 1.165) is 16.6 Å². The largest absolute Gasteiger partial charge is 0.327 e. The zero-order valence-corrected chi connectivity index (χ0v) is 7.58. The van der Waals surface area contributed by atoms with Crippen molar-refractivity contribution >= 4 is 15.9 Å². The number of hydrogen-bond acceptors (Lipinski definition) is 2. The molecule has 0 unspecified atom stereocenters. The van der Waals surface area contributed by atoms with Gasteiger partial charge in [0.05, 0.1) is 5.69 Å². The fraction of sp³-hybridized carbons (Fsp3) is 0.375. The summed E-state index contributed by atoms with van der Waals surface area (Å²) in [6.07, 6.45) is 2.89. The van der Waals surface area contributed by atoms with E-state index in [4.69, 9.17) is 5.73 Å². The molecule has 1 aromatic heterocycles. The van der Waals surface area contributed by atoms with Crippen LogP contribution in [0.5, 0.6) is 0 Å². The maximum absolute atomic E-state index is 5.71. The Morgan fingerprint density at radius 3 is 2.91 bits per heavy atom. The van der Waals surface area contributed by atoms with Crippen LogP contribution in [-0.2, 0) is 0 Å². The zero-order valence-electron chi connectivity index (χ0n) is 6.00. The van der Waals surface area contributed by atoms with Crippen molar-refractivity contribution < 1.29 is 0 Å². The lowest BCUT2D eigenvalue weighted by atomic mass is 10.2. The van der Waals surface area contributed by atoms with Crippen LogP contribution in [0.4, 0.5) is 0 Å². The highest BCUT2D eigenvalue weighted by Crippen LogP contribution is 2.40. The van der Waals surface area contributed by atoms with E-state index in [1.54, 1.807) is 0 Å². The molecule has 2 nitrogen and oxygen atoms in total. The van der Waals surface area contributed by atoms with Crippen LogP contribution in [0, 0.1) is 0 Å². The first-order valence-corrected chi connectivity index (χ1v) is 4.44. The van der Waals surface area contributed by atoms with Crippen molar-refractivity contribution in [1.82, 2.24) is 4.98 Å². The highest BCUT2D eigenvalue weighted by atomic mass is 79.9. The van der Waals surface area contributed by atoms with Gasteiger partial charge in [-0.25, -0.2) is 0 Å². The summed E-state index contributed by atoms with van der Waals surface area (Å²) < 4.78 is 1.08. The molecule has 0 bridgehead atoms. The second kappa shape index (κ2) is 2.57. The fourth-order valence-corrected chi connectivity index (χ4v) is 1.75. The predicted molar refractivity (Wildman–Crippen MR) is 47.3 cm³/mol. The summed E-state index contributed by atoms with van der Waals surface area (Å²) in [6.45, 7) is 0. The van der Waals surface area contributed by atoms with Crippen molar-refractivity contribution in [1.29, 1.82) is 0 Å². The molecule has 1 aliphatic carbocycles. The molecule has 3 heteroatoms. The maximum Gasteiger partial charge on any atom is 0.0592 e. The van der Waals surface area contributed by atoms with Gasteiger partial charge in [-0.05, 0) is 34.5 Å². The lowest BCUT2D eigenvalue weighted by Gasteiger charge is -1.98. The van der Waals surface area contributed by atoms with Gasteiger partial charge in [-0.3, -0.25) is 4.98 Å². The molecular formula is C8H9BrN2. The summed E-state index contributed by atoms with van der Waals surface area (Å²) in [6, 6.07) is 4.26. The third kappa shape index (κ3) is 1.30. The van der Waals surface area contributed by atoms with E-state index >= 15 is 0 Å². The molecule has 0 amide bonds. The minimum atomic E-state index is 0.334. The fourth-order valence-electron chi connectivity index (χ4n) is 1.20. The zero-order chi connectivity index (χ0) is 7.84. The Labute approximate surface area is 73.9 Å². The van der Waals surface area contributed by atoms with E-state index in [2.05, 4.69) is 20.9 Å². The van der Waals surface area contributed by atoms with Gasteiger partial charge < -0.3 is 5.73 Å². The van der Waals surface area contributed by atoms with Crippen molar-refractivity contribution in [2.75, 3.05) is 0 Å². The van der Waals surface area contributed by atoms with E-state index in [9.17, 15) is 0 Å². The lowest BCUT2D eigenvalue weighted by Crippen LogP contribution is -2.02. The second-order valence-corrected chi connectivity index (χ2v) is 3.73. The van der Waals surface area contributed by atoms with Crippen molar-refractivity contribution in [2.45, 2.75) is 18.4 Å². The minimum absolute atomic E-state index is 0.334. The van der Waals surface area contributed by atoms with Gasteiger partial charge in [0.25, 0.3) is 0 Å².